The number of halogens is 1. The maximum Gasteiger partial charge on any atom is 0.277 e. The van der Waals surface area contributed by atoms with E-state index in [4.69, 9.17) is 16.3 Å². The van der Waals surface area contributed by atoms with Crippen molar-refractivity contribution in [2.24, 2.45) is 0 Å². The highest BCUT2D eigenvalue weighted by Crippen LogP contribution is 2.42. The number of aromatic nitrogens is 2. The molecule has 0 spiro atoms. The van der Waals surface area contributed by atoms with Crippen LogP contribution in [0.15, 0.2) is 24.3 Å². The number of carbonyl (C=O) groups is 1. The minimum absolute atomic E-state index is 0.0583. The fourth-order valence-corrected chi connectivity index (χ4v) is 4.34. The molecule has 5 rings (SSSR count). The third kappa shape index (κ3) is 2.92. The smallest absolute Gasteiger partial charge is 0.277 e. The van der Waals surface area contributed by atoms with Crippen LogP contribution < -0.4 is 10.6 Å². The number of nitrogens with one attached hydrogen (secondary N) is 3. The lowest BCUT2D eigenvalue weighted by Crippen LogP contribution is -2.40. The minimum Gasteiger partial charge on any atom is -0.372 e. The van der Waals surface area contributed by atoms with Gasteiger partial charge < -0.3 is 15.4 Å². The van der Waals surface area contributed by atoms with Crippen LogP contribution >= 0.6 is 11.6 Å². The Morgan fingerprint density at radius 2 is 2.15 bits per heavy atom. The zero-order valence-corrected chi connectivity index (χ0v) is 15.1. The Kier molecular flexibility index (Phi) is 3.81. The normalized spacial score (nSPS) is 27.0. The topological polar surface area (TPSA) is 79.0 Å². The van der Waals surface area contributed by atoms with E-state index in [-0.39, 0.29) is 17.2 Å². The molecule has 1 aliphatic carbocycles. The van der Waals surface area contributed by atoms with E-state index in [1.807, 2.05) is 24.3 Å². The van der Waals surface area contributed by atoms with Crippen molar-refractivity contribution in [3.05, 3.63) is 46.2 Å². The molecule has 1 aromatic heterocycles. The first-order valence-corrected chi connectivity index (χ1v) is 9.51. The molecule has 3 aliphatic rings. The zero-order valence-electron chi connectivity index (χ0n) is 14.3. The molecule has 136 valence electrons. The predicted octanol–water partition coefficient (Wildman–Crippen LogP) is 2.87. The number of carbonyl (C=O) groups excluding carboxylic acids is 1. The minimum atomic E-state index is -0.286. The monoisotopic (exact) mass is 372 g/mol. The highest BCUT2D eigenvalue weighted by Gasteiger charge is 2.45. The Morgan fingerprint density at radius 1 is 1.35 bits per heavy atom. The largest absolute Gasteiger partial charge is 0.372 e. The number of anilines is 1. The van der Waals surface area contributed by atoms with Crippen LogP contribution in [0.3, 0.4) is 0 Å². The first-order valence-electron chi connectivity index (χ1n) is 9.13. The summed E-state index contributed by atoms with van der Waals surface area (Å²) in [6, 6.07) is 8.43. The first kappa shape index (κ1) is 16.3. The SMILES string of the molecule is O=C(Nc1ccc(C[C@]23CN[C@H](CO2)C3)cc1)c1n[nH]c(C2CC2)c1Cl. The molecule has 3 heterocycles. The van der Waals surface area contributed by atoms with Crippen LogP contribution in [0.25, 0.3) is 0 Å². The zero-order chi connectivity index (χ0) is 17.7. The van der Waals surface area contributed by atoms with Crippen LogP contribution in [0, 0.1) is 0 Å². The summed E-state index contributed by atoms with van der Waals surface area (Å²) in [5, 5.41) is 13.8. The number of morpholine rings is 1. The molecule has 7 heteroatoms. The van der Waals surface area contributed by atoms with Crippen molar-refractivity contribution in [2.45, 2.75) is 43.2 Å². The second-order valence-electron chi connectivity index (χ2n) is 7.68. The van der Waals surface area contributed by atoms with Gasteiger partial charge in [-0.1, -0.05) is 23.7 Å². The third-order valence-corrected chi connectivity index (χ3v) is 5.98. The summed E-state index contributed by atoms with van der Waals surface area (Å²) in [5.74, 6) is 0.143. The molecule has 0 unspecified atom stereocenters. The van der Waals surface area contributed by atoms with E-state index in [2.05, 4.69) is 20.8 Å². The number of fused-ring (bicyclic) bond motifs is 2. The van der Waals surface area contributed by atoms with Crippen LogP contribution in [0.2, 0.25) is 5.02 Å². The number of H-pyrrole nitrogens is 1. The van der Waals surface area contributed by atoms with E-state index >= 15 is 0 Å². The maximum absolute atomic E-state index is 12.5. The first-order chi connectivity index (χ1) is 12.6. The van der Waals surface area contributed by atoms with Crippen molar-refractivity contribution in [3.8, 4) is 0 Å². The van der Waals surface area contributed by atoms with Crippen LogP contribution in [0.4, 0.5) is 5.69 Å². The van der Waals surface area contributed by atoms with Gasteiger partial charge in [-0.2, -0.15) is 5.10 Å². The average molecular weight is 373 g/mol. The van der Waals surface area contributed by atoms with Crippen LogP contribution in [0.5, 0.6) is 0 Å². The lowest BCUT2D eigenvalue weighted by atomic mass is 9.93. The lowest BCUT2D eigenvalue weighted by molar-refractivity contribution is -0.00521. The Hall–Kier alpha value is -1.89. The highest BCUT2D eigenvalue weighted by molar-refractivity contribution is 6.34. The summed E-state index contributed by atoms with van der Waals surface area (Å²) in [6.45, 7) is 1.72. The number of aromatic amines is 1. The van der Waals surface area contributed by atoms with Gasteiger partial charge in [-0.25, -0.2) is 0 Å². The van der Waals surface area contributed by atoms with E-state index < -0.39 is 0 Å². The van der Waals surface area contributed by atoms with Gasteiger partial charge in [0, 0.05) is 30.6 Å². The van der Waals surface area contributed by atoms with E-state index in [0.717, 1.165) is 50.2 Å². The molecule has 3 fully saturated rings. The molecule has 2 saturated heterocycles. The van der Waals surface area contributed by atoms with Crippen LogP contribution in [-0.2, 0) is 11.2 Å². The molecule has 1 aromatic carbocycles. The molecule has 3 N–H and O–H groups in total. The summed E-state index contributed by atoms with van der Waals surface area (Å²) >= 11 is 6.30. The van der Waals surface area contributed by atoms with Crippen molar-refractivity contribution in [1.29, 1.82) is 0 Å². The molecule has 1 saturated carbocycles. The number of amides is 1. The standard InChI is InChI=1S/C19H21ClN4O2/c20-15-16(12-3-4-12)23-24-17(15)18(25)22-13-5-1-11(2-6-13)7-19-8-14(9-26-19)21-10-19/h1-2,5-6,12,14,21H,3-4,7-10H2,(H,22,25)(H,23,24)/t14-,19-/m0/s1. The average Bonchev–Trinajstić information content (AvgIpc) is 3.12. The molecule has 0 radical (unpaired) electrons. The number of hydrogen-bond donors (Lipinski definition) is 3. The summed E-state index contributed by atoms with van der Waals surface area (Å²) in [4.78, 5) is 12.5. The fourth-order valence-electron chi connectivity index (χ4n) is 4.02. The van der Waals surface area contributed by atoms with Crippen molar-refractivity contribution in [1.82, 2.24) is 15.5 Å². The Morgan fingerprint density at radius 3 is 2.77 bits per heavy atom. The number of rotatable bonds is 5. The van der Waals surface area contributed by atoms with E-state index in [0.29, 0.717) is 17.0 Å². The van der Waals surface area contributed by atoms with Crippen LogP contribution in [0.1, 0.15) is 46.9 Å². The number of hydrogen-bond acceptors (Lipinski definition) is 4. The van der Waals surface area contributed by atoms with Gasteiger partial charge in [0.05, 0.1) is 22.9 Å². The van der Waals surface area contributed by atoms with Crippen molar-refractivity contribution < 1.29 is 9.53 Å². The van der Waals surface area contributed by atoms with E-state index in [1.165, 1.54) is 5.56 Å². The molecular weight excluding hydrogens is 352 g/mol. The molecule has 2 aromatic rings. The Labute approximate surface area is 156 Å². The lowest BCUT2D eigenvalue weighted by Gasteiger charge is -2.26. The fraction of sp³-hybridized carbons (Fsp3) is 0.474. The van der Waals surface area contributed by atoms with Gasteiger partial charge in [0.25, 0.3) is 5.91 Å². The van der Waals surface area contributed by atoms with Gasteiger partial charge in [0.1, 0.15) is 0 Å². The molecule has 2 bridgehead atoms. The number of benzene rings is 1. The summed E-state index contributed by atoms with van der Waals surface area (Å²) in [7, 11) is 0. The summed E-state index contributed by atoms with van der Waals surface area (Å²) < 4.78 is 5.98. The van der Waals surface area contributed by atoms with E-state index in [9.17, 15) is 4.79 Å². The van der Waals surface area contributed by atoms with Gasteiger partial charge in [0.15, 0.2) is 5.69 Å². The van der Waals surface area contributed by atoms with Gasteiger partial charge in [-0.05, 0) is 37.0 Å². The van der Waals surface area contributed by atoms with Gasteiger partial charge in [-0.15, -0.1) is 0 Å². The number of nitrogens with zero attached hydrogens (tertiary/aromatic N) is 1. The van der Waals surface area contributed by atoms with Crippen molar-refractivity contribution >= 4 is 23.2 Å². The maximum atomic E-state index is 12.5. The van der Waals surface area contributed by atoms with Crippen molar-refractivity contribution in [3.63, 3.8) is 0 Å². The Bertz CT molecular complexity index is 836. The quantitative estimate of drug-likeness (QED) is 0.754. The number of ether oxygens (including phenoxy) is 1. The second kappa shape index (κ2) is 6.08. The van der Waals surface area contributed by atoms with E-state index in [1.54, 1.807) is 0 Å². The van der Waals surface area contributed by atoms with Gasteiger partial charge >= 0.3 is 0 Å². The summed E-state index contributed by atoms with van der Waals surface area (Å²) in [5.41, 5.74) is 3.03. The molecule has 2 aliphatic heterocycles. The summed E-state index contributed by atoms with van der Waals surface area (Å²) in [6.07, 6.45) is 4.17. The highest BCUT2D eigenvalue weighted by atomic mass is 35.5. The van der Waals surface area contributed by atoms with Gasteiger partial charge in [0.2, 0.25) is 0 Å². The second-order valence-corrected chi connectivity index (χ2v) is 8.06. The van der Waals surface area contributed by atoms with Crippen LogP contribution in [-0.4, -0.2) is 40.9 Å². The molecule has 2 atom stereocenters. The molecular formula is C19H21ClN4O2. The predicted molar refractivity (Wildman–Crippen MR) is 98.8 cm³/mol. The molecule has 6 nitrogen and oxygen atoms in total. The molecule has 26 heavy (non-hydrogen) atoms. The third-order valence-electron chi connectivity index (χ3n) is 5.59. The molecule has 1 amide bonds. The van der Waals surface area contributed by atoms with Crippen molar-refractivity contribution in [2.75, 3.05) is 18.5 Å². The van der Waals surface area contributed by atoms with Gasteiger partial charge in [-0.3, -0.25) is 9.89 Å². The Balaban J connectivity index is 1.25.